The Morgan fingerprint density at radius 3 is 2.79 bits per heavy atom. The molecule has 0 radical (unpaired) electrons. The van der Waals surface area contributed by atoms with Crippen LogP contribution in [0.5, 0.6) is 5.75 Å². The summed E-state index contributed by atoms with van der Waals surface area (Å²) in [7, 11) is 0. The summed E-state index contributed by atoms with van der Waals surface area (Å²) in [6.07, 6.45) is 2.71. The number of imidazole rings is 1. The third kappa shape index (κ3) is 4.62. The van der Waals surface area contributed by atoms with Gasteiger partial charge in [-0.2, -0.15) is 0 Å². The van der Waals surface area contributed by atoms with Crippen LogP contribution in [0.1, 0.15) is 55.5 Å². The Bertz CT molecular complexity index is 1280. The molecule has 33 heavy (non-hydrogen) atoms. The van der Waals surface area contributed by atoms with Gasteiger partial charge in [0, 0.05) is 17.8 Å². The highest BCUT2D eigenvalue weighted by Crippen LogP contribution is 2.34. The van der Waals surface area contributed by atoms with Crippen molar-refractivity contribution in [2.75, 3.05) is 13.2 Å². The molecule has 0 amide bonds. The Morgan fingerprint density at radius 2 is 1.97 bits per heavy atom. The van der Waals surface area contributed by atoms with Crippen molar-refractivity contribution in [1.82, 2.24) is 25.3 Å². The third-order valence-corrected chi connectivity index (χ3v) is 6.28. The van der Waals surface area contributed by atoms with Crippen LogP contribution >= 0.6 is 0 Å². The van der Waals surface area contributed by atoms with Crippen molar-refractivity contribution in [1.29, 1.82) is 0 Å². The minimum absolute atomic E-state index is 0.198. The normalized spacial score (nSPS) is 16.6. The monoisotopic (exact) mass is 441 g/mol. The fourth-order valence-electron chi connectivity index (χ4n) is 4.39. The molecule has 0 spiro atoms. The molecule has 0 saturated carbocycles. The molecule has 3 heterocycles. The second kappa shape index (κ2) is 8.94. The maximum Gasteiger partial charge on any atom is 0.125 e. The summed E-state index contributed by atoms with van der Waals surface area (Å²) in [6.45, 7) is 10.2. The minimum Gasteiger partial charge on any atom is -0.493 e. The molecule has 0 aliphatic carbocycles. The molecule has 2 N–H and O–H groups in total. The van der Waals surface area contributed by atoms with Gasteiger partial charge in [0.05, 0.1) is 29.3 Å². The van der Waals surface area contributed by atoms with E-state index in [0.717, 1.165) is 52.7 Å². The van der Waals surface area contributed by atoms with Gasteiger partial charge in [-0.3, -0.25) is 0 Å². The lowest BCUT2D eigenvalue weighted by Gasteiger charge is -2.25. The number of benzene rings is 2. The predicted octanol–water partition coefficient (Wildman–Crippen LogP) is 5.35. The van der Waals surface area contributed by atoms with E-state index < -0.39 is 0 Å². The fourth-order valence-corrected chi connectivity index (χ4v) is 4.39. The zero-order chi connectivity index (χ0) is 22.9. The Hall–Kier alpha value is -3.25. The number of hydrogen-bond donors (Lipinski definition) is 2. The lowest BCUT2D eigenvalue weighted by Crippen LogP contribution is -2.24. The zero-order valence-electron chi connectivity index (χ0n) is 19.7. The predicted molar refractivity (Wildman–Crippen MR) is 131 cm³/mol. The van der Waals surface area contributed by atoms with Crippen LogP contribution in [0.4, 0.5) is 0 Å². The molecule has 0 bridgehead atoms. The van der Waals surface area contributed by atoms with E-state index in [-0.39, 0.29) is 5.92 Å². The zero-order valence-corrected chi connectivity index (χ0v) is 19.7. The summed E-state index contributed by atoms with van der Waals surface area (Å²) < 4.78 is 6.13. The molecule has 2 atom stereocenters. The lowest BCUT2D eigenvalue weighted by atomic mass is 9.93. The highest BCUT2D eigenvalue weighted by Gasteiger charge is 2.25. The molecule has 0 fully saturated rings. The molecule has 2 aromatic heterocycles. The molecule has 6 heteroatoms. The van der Waals surface area contributed by atoms with Gasteiger partial charge in [0.2, 0.25) is 0 Å². The van der Waals surface area contributed by atoms with E-state index in [0.29, 0.717) is 18.6 Å². The molecule has 0 saturated heterocycles. The summed E-state index contributed by atoms with van der Waals surface area (Å²) >= 11 is 0. The summed E-state index contributed by atoms with van der Waals surface area (Å²) in [5.41, 5.74) is 6.51. The Labute approximate surface area is 194 Å². The van der Waals surface area contributed by atoms with Crippen LogP contribution in [-0.4, -0.2) is 33.1 Å². The van der Waals surface area contributed by atoms with Crippen LogP contribution in [-0.2, 0) is 6.42 Å². The molecule has 5 rings (SSSR count). The largest absolute Gasteiger partial charge is 0.493 e. The van der Waals surface area contributed by atoms with Crippen molar-refractivity contribution < 1.29 is 4.74 Å². The van der Waals surface area contributed by atoms with Gasteiger partial charge >= 0.3 is 0 Å². The molecular formula is C27H31N5O. The van der Waals surface area contributed by atoms with Crippen molar-refractivity contribution in [3.05, 3.63) is 71.4 Å². The van der Waals surface area contributed by atoms with Crippen molar-refractivity contribution >= 4 is 11.0 Å². The Kier molecular flexibility index (Phi) is 5.85. The van der Waals surface area contributed by atoms with Gasteiger partial charge in [-0.25, -0.2) is 15.0 Å². The number of nitrogens with one attached hydrogen (secondary N) is 2. The first-order valence-electron chi connectivity index (χ1n) is 11.7. The van der Waals surface area contributed by atoms with Gasteiger partial charge in [-0.05, 0) is 68.1 Å². The lowest BCUT2D eigenvalue weighted by molar-refractivity contribution is 0.258. The quantitative estimate of drug-likeness (QED) is 0.422. The highest BCUT2D eigenvalue weighted by atomic mass is 16.5. The van der Waals surface area contributed by atoms with Gasteiger partial charge in [-0.15, -0.1) is 0 Å². The first-order valence-corrected chi connectivity index (χ1v) is 11.7. The van der Waals surface area contributed by atoms with Gasteiger partial charge in [0.15, 0.2) is 0 Å². The van der Waals surface area contributed by atoms with Gasteiger partial charge in [0.1, 0.15) is 17.4 Å². The minimum atomic E-state index is 0.198. The van der Waals surface area contributed by atoms with Crippen LogP contribution in [0.2, 0.25) is 0 Å². The molecule has 4 aromatic rings. The van der Waals surface area contributed by atoms with E-state index in [1.54, 1.807) is 6.20 Å². The number of nitrogens with zero attached hydrogens (tertiary/aromatic N) is 3. The van der Waals surface area contributed by atoms with E-state index in [4.69, 9.17) is 9.72 Å². The maximum atomic E-state index is 6.13. The van der Waals surface area contributed by atoms with Crippen LogP contribution in [0.25, 0.3) is 22.3 Å². The number of fused-ring (bicyclic) bond motifs is 2. The smallest absolute Gasteiger partial charge is 0.125 e. The van der Waals surface area contributed by atoms with Gasteiger partial charge < -0.3 is 15.0 Å². The molecule has 2 unspecified atom stereocenters. The van der Waals surface area contributed by atoms with Crippen LogP contribution in [0.3, 0.4) is 0 Å². The fraction of sp³-hybridized carbons (Fsp3) is 0.370. The van der Waals surface area contributed by atoms with E-state index in [1.807, 2.05) is 13.0 Å². The Morgan fingerprint density at radius 1 is 1.09 bits per heavy atom. The van der Waals surface area contributed by atoms with Crippen molar-refractivity contribution in [2.45, 2.75) is 46.1 Å². The second-order valence-corrected chi connectivity index (χ2v) is 9.45. The second-order valence-electron chi connectivity index (χ2n) is 9.45. The summed E-state index contributed by atoms with van der Waals surface area (Å²) in [5.74, 6) is 3.56. The highest BCUT2D eigenvalue weighted by molar-refractivity contribution is 5.81. The summed E-state index contributed by atoms with van der Waals surface area (Å²) in [4.78, 5) is 17.2. The summed E-state index contributed by atoms with van der Waals surface area (Å²) in [6, 6.07) is 15.1. The standard InChI is InChI=1S/C27H31N5O/c1-16(2)14-29-17(3)19-6-8-26-21(11-19)12-22(15-33-26)27-31-24-7-5-20(13-25(24)32-27)23-9-10-28-18(4)30-23/h5-11,13,16-17,22,29H,12,14-15H2,1-4H3,(H,31,32). The topological polar surface area (TPSA) is 75.7 Å². The van der Waals surface area contributed by atoms with Gasteiger partial charge in [-0.1, -0.05) is 32.0 Å². The van der Waals surface area contributed by atoms with Crippen molar-refractivity contribution in [3.63, 3.8) is 0 Å². The molecule has 1 aliphatic rings. The number of aryl methyl sites for hydroxylation is 1. The van der Waals surface area contributed by atoms with Crippen LogP contribution in [0, 0.1) is 12.8 Å². The number of aromatic amines is 1. The average Bonchev–Trinajstić information content (AvgIpc) is 3.25. The number of H-pyrrole nitrogens is 1. The number of rotatable bonds is 6. The maximum absolute atomic E-state index is 6.13. The van der Waals surface area contributed by atoms with E-state index in [1.165, 1.54) is 11.1 Å². The van der Waals surface area contributed by atoms with Crippen molar-refractivity contribution in [2.24, 2.45) is 5.92 Å². The molecular weight excluding hydrogens is 410 g/mol. The van der Waals surface area contributed by atoms with E-state index in [9.17, 15) is 0 Å². The van der Waals surface area contributed by atoms with Crippen LogP contribution in [0.15, 0.2) is 48.7 Å². The van der Waals surface area contributed by atoms with Crippen molar-refractivity contribution in [3.8, 4) is 17.0 Å². The Balaban J connectivity index is 1.37. The number of hydrogen-bond acceptors (Lipinski definition) is 5. The number of ether oxygens (including phenoxy) is 1. The molecule has 6 nitrogen and oxygen atoms in total. The van der Waals surface area contributed by atoms with Gasteiger partial charge in [0.25, 0.3) is 0 Å². The first kappa shape index (κ1) is 21.6. The first-order chi connectivity index (χ1) is 16.0. The molecule has 170 valence electrons. The third-order valence-electron chi connectivity index (χ3n) is 6.28. The summed E-state index contributed by atoms with van der Waals surface area (Å²) in [5, 5.41) is 3.62. The SMILES string of the molecule is Cc1nccc(-c2ccc3nc(C4COc5ccc(C(C)NCC(C)C)cc5C4)[nH]c3c2)n1. The van der Waals surface area contributed by atoms with E-state index in [2.05, 4.69) is 77.4 Å². The van der Waals surface area contributed by atoms with E-state index >= 15 is 0 Å². The van der Waals surface area contributed by atoms with Crippen LogP contribution < -0.4 is 10.1 Å². The molecule has 1 aliphatic heterocycles. The molecule has 2 aromatic carbocycles. The average molecular weight is 442 g/mol. The number of aromatic nitrogens is 4.